The van der Waals surface area contributed by atoms with Crippen molar-refractivity contribution in [3.05, 3.63) is 48.4 Å². The van der Waals surface area contributed by atoms with E-state index in [4.69, 9.17) is 4.74 Å². The molecule has 1 N–H and O–H groups in total. The molecule has 2 unspecified atom stereocenters. The molecule has 7 heteroatoms. The van der Waals surface area contributed by atoms with E-state index in [1.807, 2.05) is 30.3 Å². The summed E-state index contributed by atoms with van der Waals surface area (Å²) in [5.74, 6) is 0.111. The van der Waals surface area contributed by atoms with Crippen LogP contribution in [0.25, 0.3) is 0 Å². The van der Waals surface area contributed by atoms with Crippen LogP contribution in [0.15, 0.2) is 42.7 Å². The van der Waals surface area contributed by atoms with Crippen molar-refractivity contribution in [2.75, 3.05) is 19.0 Å². The van der Waals surface area contributed by atoms with Crippen molar-refractivity contribution in [1.82, 2.24) is 14.9 Å². The Balaban J connectivity index is 1.55. The van der Waals surface area contributed by atoms with Gasteiger partial charge in [0.15, 0.2) is 12.3 Å². The van der Waals surface area contributed by atoms with Crippen molar-refractivity contribution < 1.29 is 14.3 Å². The van der Waals surface area contributed by atoms with Crippen molar-refractivity contribution in [2.45, 2.75) is 38.6 Å². The highest BCUT2D eigenvalue weighted by atomic mass is 16.5. The molecule has 1 aromatic heterocycles. The highest BCUT2D eigenvalue weighted by Gasteiger charge is 2.28. The first-order valence-electron chi connectivity index (χ1n) is 9.61. The molecular weight excluding hydrogens is 356 g/mol. The number of anilines is 2. The summed E-state index contributed by atoms with van der Waals surface area (Å²) in [6.45, 7) is 1.88. The third-order valence-electron chi connectivity index (χ3n) is 5.21. The van der Waals surface area contributed by atoms with Gasteiger partial charge in [-0.2, -0.15) is 0 Å². The zero-order valence-electron chi connectivity index (χ0n) is 16.3. The number of rotatable bonds is 6. The van der Waals surface area contributed by atoms with Crippen LogP contribution >= 0.6 is 0 Å². The number of hydrogen-bond donors (Lipinski definition) is 1. The van der Waals surface area contributed by atoms with E-state index in [0.717, 1.165) is 24.9 Å². The zero-order chi connectivity index (χ0) is 19.9. The second-order valence-electron chi connectivity index (χ2n) is 7.19. The summed E-state index contributed by atoms with van der Waals surface area (Å²) in [7, 11) is 1.79. The molecule has 0 radical (unpaired) electrons. The first kappa shape index (κ1) is 19.8. The topological polar surface area (TPSA) is 84.4 Å². The molecule has 0 spiro atoms. The second kappa shape index (κ2) is 9.30. The average molecular weight is 382 g/mol. The van der Waals surface area contributed by atoms with Gasteiger partial charge in [-0.25, -0.2) is 14.8 Å². The maximum absolute atomic E-state index is 12.4. The Labute approximate surface area is 165 Å². The number of ether oxygens (including phenoxy) is 1. The van der Waals surface area contributed by atoms with Gasteiger partial charge < -0.3 is 15.0 Å². The molecule has 1 aliphatic rings. The minimum atomic E-state index is -0.642. The summed E-state index contributed by atoms with van der Waals surface area (Å²) >= 11 is 0. The van der Waals surface area contributed by atoms with Gasteiger partial charge in [0.2, 0.25) is 0 Å². The second-order valence-corrected chi connectivity index (χ2v) is 7.19. The fourth-order valence-electron chi connectivity index (χ4n) is 3.57. The number of esters is 1. The van der Waals surface area contributed by atoms with Gasteiger partial charge in [0, 0.05) is 24.8 Å². The number of amides is 1. The number of benzene rings is 1. The molecular formula is C21H26N4O3. The van der Waals surface area contributed by atoms with Crippen LogP contribution in [-0.2, 0) is 9.53 Å². The van der Waals surface area contributed by atoms with E-state index in [-0.39, 0.29) is 24.2 Å². The van der Waals surface area contributed by atoms with Gasteiger partial charge >= 0.3 is 5.97 Å². The Morgan fingerprint density at radius 1 is 1.18 bits per heavy atom. The number of carbonyl (C=O) groups is 2. The lowest BCUT2D eigenvalue weighted by atomic mass is 9.85. The molecule has 1 aromatic carbocycles. The van der Waals surface area contributed by atoms with E-state index < -0.39 is 5.97 Å². The molecule has 1 heterocycles. The van der Waals surface area contributed by atoms with Crippen molar-refractivity contribution in [3.8, 4) is 0 Å². The Bertz CT molecular complexity index is 812. The van der Waals surface area contributed by atoms with Crippen LogP contribution in [0.4, 0.5) is 11.5 Å². The SMILES string of the molecule is CC1CCCCC1N(C)C(=O)COC(=O)c1cc(Nc2ccccc2)ncn1. The molecule has 0 aliphatic heterocycles. The summed E-state index contributed by atoms with van der Waals surface area (Å²) in [6.07, 6.45) is 5.75. The molecule has 1 saturated carbocycles. The van der Waals surface area contributed by atoms with Gasteiger partial charge in [0.05, 0.1) is 0 Å². The lowest BCUT2D eigenvalue weighted by Crippen LogP contribution is -2.44. The van der Waals surface area contributed by atoms with Crippen molar-refractivity contribution in [2.24, 2.45) is 5.92 Å². The first-order valence-corrected chi connectivity index (χ1v) is 9.61. The van der Waals surface area contributed by atoms with E-state index in [1.54, 1.807) is 11.9 Å². The van der Waals surface area contributed by atoms with E-state index in [0.29, 0.717) is 11.7 Å². The molecule has 1 amide bonds. The molecule has 2 aromatic rings. The number of para-hydroxylation sites is 1. The third kappa shape index (κ3) is 5.06. The largest absolute Gasteiger partial charge is 0.451 e. The standard InChI is InChI=1S/C21H26N4O3/c1-15-8-6-7-11-18(15)25(2)20(26)13-28-21(27)17-12-19(23-14-22-17)24-16-9-4-3-5-10-16/h3-5,9-10,12,14-15,18H,6-8,11,13H2,1-2H3,(H,22,23,24). The molecule has 0 saturated heterocycles. The van der Waals surface area contributed by atoms with E-state index in [1.165, 1.54) is 18.8 Å². The van der Waals surface area contributed by atoms with Crippen LogP contribution in [0.1, 0.15) is 43.1 Å². The molecule has 2 atom stereocenters. The molecule has 28 heavy (non-hydrogen) atoms. The summed E-state index contributed by atoms with van der Waals surface area (Å²) in [5.41, 5.74) is 0.953. The maximum atomic E-state index is 12.4. The summed E-state index contributed by atoms with van der Waals surface area (Å²) in [4.78, 5) is 34.5. The van der Waals surface area contributed by atoms with Crippen LogP contribution in [-0.4, -0.2) is 46.4 Å². The Morgan fingerprint density at radius 2 is 1.93 bits per heavy atom. The number of likely N-dealkylation sites (N-methyl/N-ethyl adjacent to an activating group) is 1. The number of nitrogens with zero attached hydrogens (tertiary/aromatic N) is 3. The number of hydrogen-bond acceptors (Lipinski definition) is 6. The van der Waals surface area contributed by atoms with Crippen molar-refractivity contribution in [3.63, 3.8) is 0 Å². The molecule has 7 nitrogen and oxygen atoms in total. The van der Waals surface area contributed by atoms with Crippen LogP contribution in [0.5, 0.6) is 0 Å². The highest BCUT2D eigenvalue weighted by Crippen LogP contribution is 2.27. The van der Waals surface area contributed by atoms with Crippen LogP contribution in [0.2, 0.25) is 0 Å². The van der Waals surface area contributed by atoms with Crippen LogP contribution < -0.4 is 5.32 Å². The fourth-order valence-corrected chi connectivity index (χ4v) is 3.57. The average Bonchev–Trinajstić information content (AvgIpc) is 2.72. The minimum Gasteiger partial charge on any atom is -0.451 e. The van der Waals surface area contributed by atoms with Crippen molar-refractivity contribution >= 4 is 23.4 Å². The highest BCUT2D eigenvalue weighted by molar-refractivity contribution is 5.90. The lowest BCUT2D eigenvalue weighted by Gasteiger charge is -2.36. The molecule has 148 valence electrons. The van der Waals surface area contributed by atoms with Gasteiger partial charge in [-0.3, -0.25) is 4.79 Å². The zero-order valence-corrected chi connectivity index (χ0v) is 16.3. The number of carbonyl (C=O) groups excluding carboxylic acids is 2. The lowest BCUT2D eigenvalue weighted by molar-refractivity contribution is -0.136. The third-order valence-corrected chi connectivity index (χ3v) is 5.21. The fraction of sp³-hybridized carbons (Fsp3) is 0.429. The summed E-state index contributed by atoms with van der Waals surface area (Å²) in [5, 5.41) is 3.10. The van der Waals surface area contributed by atoms with Crippen molar-refractivity contribution in [1.29, 1.82) is 0 Å². The number of aromatic nitrogens is 2. The number of nitrogens with one attached hydrogen (secondary N) is 1. The Kier molecular flexibility index (Phi) is 6.57. The summed E-state index contributed by atoms with van der Waals surface area (Å²) in [6, 6.07) is 11.2. The quantitative estimate of drug-likeness (QED) is 0.771. The Morgan fingerprint density at radius 3 is 2.68 bits per heavy atom. The van der Waals surface area contributed by atoms with E-state index >= 15 is 0 Å². The van der Waals surface area contributed by atoms with E-state index in [9.17, 15) is 9.59 Å². The predicted molar refractivity (Wildman–Crippen MR) is 106 cm³/mol. The van der Waals surface area contributed by atoms with E-state index in [2.05, 4.69) is 22.2 Å². The smallest absolute Gasteiger partial charge is 0.357 e. The normalized spacial score (nSPS) is 18.9. The van der Waals surface area contributed by atoms with Crippen LogP contribution in [0, 0.1) is 5.92 Å². The van der Waals surface area contributed by atoms with Gasteiger partial charge in [-0.1, -0.05) is 38.0 Å². The molecule has 1 aliphatic carbocycles. The van der Waals surface area contributed by atoms with Gasteiger partial charge in [-0.15, -0.1) is 0 Å². The maximum Gasteiger partial charge on any atom is 0.357 e. The van der Waals surface area contributed by atoms with Gasteiger partial charge in [0.25, 0.3) is 5.91 Å². The van der Waals surface area contributed by atoms with Gasteiger partial charge in [-0.05, 0) is 30.9 Å². The predicted octanol–water partition coefficient (Wildman–Crippen LogP) is 3.41. The molecule has 3 rings (SSSR count). The molecule has 1 fully saturated rings. The monoisotopic (exact) mass is 382 g/mol. The van der Waals surface area contributed by atoms with Crippen LogP contribution in [0.3, 0.4) is 0 Å². The van der Waals surface area contributed by atoms with Gasteiger partial charge in [0.1, 0.15) is 12.1 Å². The Hall–Kier alpha value is -2.96. The first-order chi connectivity index (χ1) is 13.5. The molecule has 0 bridgehead atoms. The minimum absolute atomic E-state index is 0.106. The summed E-state index contributed by atoms with van der Waals surface area (Å²) < 4.78 is 5.19.